The molecule has 0 heterocycles. The van der Waals surface area contributed by atoms with Crippen molar-refractivity contribution in [3.8, 4) is 0 Å². The van der Waals surface area contributed by atoms with Gasteiger partial charge >= 0.3 is 0 Å². The molecular weight excluding hydrogens is 226 g/mol. The van der Waals surface area contributed by atoms with Gasteiger partial charge in [0.1, 0.15) is 0 Å². The molecule has 106 valence electrons. The van der Waals surface area contributed by atoms with Gasteiger partial charge in [0.15, 0.2) is 0 Å². The summed E-state index contributed by atoms with van der Waals surface area (Å²) in [5, 5.41) is 13.4. The van der Waals surface area contributed by atoms with Gasteiger partial charge in [-0.1, -0.05) is 26.7 Å². The van der Waals surface area contributed by atoms with Crippen molar-refractivity contribution in [1.29, 1.82) is 0 Å². The van der Waals surface area contributed by atoms with Gasteiger partial charge in [-0.3, -0.25) is 0 Å². The molecule has 4 atom stereocenters. The highest BCUT2D eigenvalue weighted by molar-refractivity contribution is 4.82. The Labute approximate surface area is 111 Å². The molecular formula is C15H29NO2. The Balaban J connectivity index is 1.57. The second-order valence-electron chi connectivity index (χ2n) is 6.42. The summed E-state index contributed by atoms with van der Waals surface area (Å²) in [4.78, 5) is 0. The molecule has 2 fully saturated rings. The second kappa shape index (κ2) is 6.88. The lowest BCUT2D eigenvalue weighted by atomic mass is 9.78. The first kappa shape index (κ1) is 14.3. The Morgan fingerprint density at radius 2 is 2.00 bits per heavy atom. The average molecular weight is 255 g/mol. The first-order valence-electron chi connectivity index (χ1n) is 7.66. The van der Waals surface area contributed by atoms with Crippen molar-refractivity contribution >= 4 is 0 Å². The van der Waals surface area contributed by atoms with E-state index < -0.39 is 0 Å². The van der Waals surface area contributed by atoms with E-state index >= 15 is 0 Å². The minimum Gasteiger partial charge on any atom is -0.389 e. The predicted octanol–water partition coefficient (Wildman–Crippen LogP) is 2.19. The van der Waals surface area contributed by atoms with Crippen LogP contribution in [0.25, 0.3) is 0 Å². The largest absolute Gasteiger partial charge is 0.389 e. The zero-order valence-corrected chi connectivity index (χ0v) is 11.9. The lowest BCUT2D eigenvalue weighted by molar-refractivity contribution is 0.0286. The first-order chi connectivity index (χ1) is 8.66. The molecule has 3 nitrogen and oxygen atoms in total. The first-order valence-corrected chi connectivity index (χ1v) is 7.66. The minimum absolute atomic E-state index is 0.354. The van der Waals surface area contributed by atoms with Gasteiger partial charge in [0.2, 0.25) is 0 Å². The molecule has 0 aromatic heterocycles. The Hall–Kier alpha value is -0.120. The quantitative estimate of drug-likeness (QED) is 0.733. The van der Waals surface area contributed by atoms with Crippen molar-refractivity contribution in [2.24, 2.45) is 17.8 Å². The third kappa shape index (κ3) is 4.52. The monoisotopic (exact) mass is 255 g/mol. The molecule has 18 heavy (non-hydrogen) atoms. The summed E-state index contributed by atoms with van der Waals surface area (Å²) in [6.07, 6.45) is 6.19. The summed E-state index contributed by atoms with van der Waals surface area (Å²) in [6, 6.07) is 0.576. The third-order valence-corrected chi connectivity index (χ3v) is 4.68. The molecule has 0 saturated heterocycles. The number of ether oxygens (including phenoxy) is 1. The van der Waals surface area contributed by atoms with E-state index in [1.54, 1.807) is 0 Å². The number of rotatable bonds is 7. The summed E-state index contributed by atoms with van der Waals surface area (Å²) >= 11 is 0. The Morgan fingerprint density at radius 3 is 2.72 bits per heavy atom. The zero-order valence-electron chi connectivity index (χ0n) is 11.9. The van der Waals surface area contributed by atoms with Crippen molar-refractivity contribution in [2.75, 3.05) is 19.8 Å². The topological polar surface area (TPSA) is 41.5 Å². The van der Waals surface area contributed by atoms with E-state index in [1.807, 2.05) is 0 Å². The van der Waals surface area contributed by atoms with Crippen LogP contribution < -0.4 is 5.32 Å². The van der Waals surface area contributed by atoms with Gasteiger partial charge < -0.3 is 15.2 Å². The molecule has 2 aliphatic rings. The molecule has 2 N–H and O–H groups in total. The molecule has 0 aromatic carbocycles. The summed E-state index contributed by atoms with van der Waals surface area (Å²) in [7, 11) is 0. The van der Waals surface area contributed by atoms with Gasteiger partial charge in [-0.2, -0.15) is 0 Å². The van der Waals surface area contributed by atoms with Crippen molar-refractivity contribution in [2.45, 2.75) is 58.1 Å². The number of aliphatic hydroxyl groups excluding tert-OH is 1. The van der Waals surface area contributed by atoms with Crippen LogP contribution in [0.2, 0.25) is 0 Å². The lowest BCUT2D eigenvalue weighted by Crippen LogP contribution is -2.44. The van der Waals surface area contributed by atoms with Crippen LogP contribution in [0.1, 0.15) is 46.0 Å². The summed E-state index contributed by atoms with van der Waals surface area (Å²) in [5.41, 5.74) is 0. The van der Waals surface area contributed by atoms with E-state index in [9.17, 15) is 5.11 Å². The third-order valence-electron chi connectivity index (χ3n) is 4.68. The van der Waals surface area contributed by atoms with Crippen molar-refractivity contribution in [1.82, 2.24) is 5.32 Å². The summed E-state index contributed by atoms with van der Waals surface area (Å²) in [6.45, 7) is 6.67. The SMILES string of the molecule is CC1CCCC(NCC(O)COCC2CC2)C1C. The zero-order chi connectivity index (χ0) is 13.0. The van der Waals surface area contributed by atoms with Gasteiger partial charge in [0.05, 0.1) is 12.7 Å². The Kier molecular flexibility index (Phi) is 5.46. The normalized spacial score (nSPS) is 34.5. The van der Waals surface area contributed by atoms with Crippen LogP contribution in [-0.2, 0) is 4.74 Å². The fourth-order valence-electron chi connectivity index (χ4n) is 2.87. The van der Waals surface area contributed by atoms with E-state index in [4.69, 9.17) is 4.74 Å². The molecule has 2 saturated carbocycles. The maximum Gasteiger partial charge on any atom is 0.0897 e. The van der Waals surface area contributed by atoms with E-state index in [0.29, 0.717) is 19.2 Å². The lowest BCUT2D eigenvalue weighted by Gasteiger charge is -2.35. The van der Waals surface area contributed by atoms with Crippen LogP contribution in [0.5, 0.6) is 0 Å². The van der Waals surface area contributed by atoms with Crippen LogP contribution in [-0.4, -0.2) is 37.0 Å². The van der Waals surface area contributed by atoms with Gasteiger partial charge in [-0.15, -0.1) is 0 Å². The van der Waals surface area contributed by atoms with E-state index in [-0.39, 0.29) is 6.10 Å². The molecule has 0 amide bonds. The standard InChI is InChI=1S/C15H29NO2/c1-11-4-3-5-15(12(11)2)16-8-14(17)10-18-9-13-6-7-13/h11-17H,3-10H2,1-2H3. The number of aliphatic hydroxyl groups is 1. The van der Waals surface area contributed by atoms with E-state index in [2.05, 4.69) is 19.2 Å². The molecule has 4 unspecified atom stereocenters. The van der Waals surface area contributed by atoms with Crippen LogP contribution >= 0.6 is 0 Å². The highest BCUT2D eigenvalue weighted by Crippen LogP contribution is 2.29. The number of nitrogens with one attached hydrogen (secondary N) is 1. The van der Waals surface area contributed by atoms with Gasteiger partial charge in [-0.25, -0.2) is 0 Å². The number of hydrogen-bond acceptors (Lipinski definition) is 3. The summed E-state index contributed by atoms with van der Waals surface area (Å²) in [5.74, 6) is 2.31. The molecule has 0 aromatic rings. The predicted molar refractivity (Wildman–Crippen MR) is 73.5 cm³/mol. The fraction of sp³-hybridized carbons (Fsp3) is 1.00. The van der Waals surface area contributed by atoms with Crippen LogP contribution in [0, 0.1) is 17.8 Å². The second-order valence-corrected chi connectivity index (χ2v) is 6.42. The van der Waals surface area contributed by atoms with Crippen LogP contribution in [0.15, 0.2) is 0 Å². The highest BCUT2D eigenvalue weighted by Gasteiger charge is 2.27. The van der Waals surface area contributed by atoms with Crippen molar-refractivity contribution in [3.05, 3.63) is 0 Å². The van der Waals surface area contributed by atoms with Crippen LogP contribution in [0.3, 0.4) is 0 Å². The molecule has 0 radical (unpaired) electrons. The Morgan fingerprint density at radius 1 is 1.22 bits per heavy atom. The molecule has 0 bridgehead atoms. The van der Waals surface area contributed by atoms with Gasteiger partial charge in [-0.05, 0) is 37.0 Å². The van der Waals surface area contributed by atoms with Gasteiger partial charge in [0, 0.05) is 19.2 Å². The molecule has 2 rings (SSSR count). The molecule has 3 heteroatoms. The molecule has 0 aliphatic heterocycles. The van der Waals surface area contributed by atoms with E-state index in [1.165, 1.54) is 32.1 Å². The average Bonchev–Trinajstić information content (AvgIpc) is 3.15. The summed E-state index contributed by atoms with van der Waals surface area (Å²) < 4.78 is 5.52. The highest BCUT2D eigenvalue weighted by atomic mass is 16.5. The minimum atomic E-state index is -0.354. The van der Waals surface area contributed by atoms with Crippen molar-refractivity contribution < 1.29 is 9.84 Å². The van der Waals surface area contributed by atoms with Crippen LogP contribution in [0.4, 0.5) is 0 Å². The van der Waals surface area contributed by atoms with E-state index in [0.717, 1.165) is 24.4 Å². The molecule has 0 spiro atoms. The Bertz CT molecular complexity index is 243. The molecule has 2 aliphatic carbocycles. The maximum absolute atomic E-state index is 9.88. The number of hydrogen-bond donors (Lipinski definition) is 2. The van der Waals surface area contributed by atoms with Crippen molar-refractivity contribution in [3.63, 3.8) is 0 Å². The maximum atomic E-state index is 9.88. The smallest absolute Gasteiger partial charge is 0.0897 e. The fourth-order valence-corrected chi connectivity index (χ4v) is 2.87. The van der Waals surface area contributed by atoms with Gasteiger partial charge in [0.25, 0.3) is 0 Å².